The second-order valence-electron chi connectivity index (χ2n) is 8.14. The van der Waals surface area contributed by atoms with Crippen LogP contribution < -0.4 is 14.8 Å². The van der Waals surface area contributed by atoms with Crippen molar-refractivity contribution in [2.24, 2.45) is 0 Å². The molecule has 0 bridgehead atoms. The summed E-state index contributed by atoms with van der Waals surface area (Å²) in [4.78, 5) is 17.4. The molecule has 4 aromatic rings. The van der Waals surface area contributed by atoms with E-state index in [-0.39, 0.29) is 21.8 Å². The predicted molar refractivity (Wildman–Crippen MR) is 138 cm³/mol. The monoisotopic (exact) mass is 566 g/mol. The van der Waals surface area contributed by atoms with E-state index in [1.54, 1.807) is 18.2 Å². The first-order chi connectivity index (χ1) is 17.1. The topological polar surface area (TPSA) is 94.6 Å². The van der Waals surface area contributed by atoms with Gasteiger partial charge in [0.2, 0.25) is 5.88 Å². The fourth-order valence-electron chi connectivity index (χ4n) is 3.91. The van der Waals surface area contributed by atoms with Gasteiger partial charge in [0.1, 0.15) is 10.9 Å². The molecule has 36 heavy (non-hydrogen) atoms. The molecule has 0 spiro atoms. The van der Waals surface area contributed by atoms with Crippen LogP contribution >= 0.6 is 34.5 Å². The number of halogens is 3. The molecule has 1 amide bonds. The van der Waals surface area contributed by atoms with E-state index in [4.69, 9.17) is 32.7 Å². The van der Waals surface area contributed by atoms with Crippen LogP contribution in [0.2, 0.25) is 10.2 Å². The highest BCUT2D eigenvalue weighted by atomic mass is 35.5. The van der Waals surface area contributed by atoms with Crippen LogP contribution in [0.1, 0.15) is 26.9 Å². The molecule has 2 aromatic carbocycles. The van der Waals surface area contributed by atoms with Gasteiger partial charge < -0.3 is 14.8 Å². The molecule has 0 fully saturated rings. The van der Waals surface area contributed by atoms with Crippen molar-refractivity contribution in [1.29, 1.82) is 0 Å². The number of ether oxygens (including phenoxy) is 2. The standard InChI is InChI=1S/C24H17Cl2FN2O5S2/c1-36(31,32)21-4-5-33-18-11-19-12(6-15(18)21)7-20(35-19)24(30)28-14-9-22(26)29-23(10-14)34-17-3-2-13(25)8-16(17)27/h2-3,6-11,21H,4-5H2,1H3,(H,28,29,30). The molecular weight excluding hydrogens is 550 g/mol. The van der Waals surface area contributed by atoms with Gasteiger partial charge in [0.05, 0.1) is 16.7 Å². The van der Waals surface area contributed by atoms with Gasteiger partial charge in [-0.3, -0.25) is 4.79 Å². The number of thiophene rings is 1. The molecule has 186 valence electrons. The first-order valence-corrected chi connectivity index (χ1v) is 14.1. The number of benzene rings is 2. The average Bonchev–Trinajstić information content (AvgIpc) is 3.21. The number of rotatable bonds is 5. The van der Waals surface area contributed by atoms with Crippen molar-refractivity contribution < 1.29 is 27.1 Å². The zero-order chi connectivity index (χ0) is 25.6. The van der Waals surface area contributed by atoms with Gasteiger partial charge in [0.15, 0.2) is 21.4 Å². The molecule has 0 radical (unpaired) electrons. The maximum atomic E-state index is 14.1. The average molecular weight is 567 g/mol. The molecule has 1 aliphatic heterocycles. The molecule has 12 heteroatoms. The lowest BCUT2D eigenvalue weighted by atomic mass is 10.0. The minimum atomic E-state index is -3.31. The van der Waals surface area contributed by atoms with Crippen LogP contribution in [0.5, 0.6) is 17.4 Å². The van der Waals surface area contributed by atoms with Crippen molar-refractivity contribution in [3.8, 4) is 17.4 Å². The molecule has 0 aliphatic carbocycles. The number of hydrogen-bond acceptors (Lipinski definition) is 7. The summed E-state index contributed by atoms with van der Waals surface area (Å²) in [5, 5.41) is 3.07. The molecule has 1 atom stereocenters. The molecule has 2 aromatic heterocycles. The Morgan fingerprint density at radius 3 is 2.75 bits per heavy atom. The quantitative estimate of drug-likeness (QED) is 0.271. The molecule has 5 rings (SSSR count). The van der Waals surface area contributed by atoms with Gasteiger partial charge in [0.25, 0.3) is 5.91 Å². The summed E-state index contributed by atoms with van der Waals surface area (Å²) in [7, 11) is -3.31. The van der Waals surface area contributed by atoms with E-state index in [1.165, 1.54) is 41.9 Å². The van der Waals surface area contributed by atoms with E-state index in [0.717, 1.165) is 16.2 Å². The summed E-state index contributed by atoms with van der Waals surface area (Å²) in [5.74, 6) is -0.706. The molecule has 0 saturated carbocycles. The van der Waals surface area contributed by atoms with E-state index in [0.29, 0.717) is 34.9 Å². The Bertz CT molecular complexity index is 1620. The third kappa shape index (κ3) is 5.12. The Labute approximate surface area is 219 Å². The van der Waals surface area contributed by atoms with Crippen LogP contribution in [0, 0.1) is 5.82 Å². The summed E-state index contributed by atoms with van der Waals surface area (Å²) in [5.41, 5.74) is 0.889. The second-order valence-corrected chi connectivity index (χ2v) is 12.3. The van der Waals surface area contributed by atoms with E-state index in [2.05, 4.69) is 10.3 Å². The number of anilines is 1. The zero-order valence-electron chi connectivity index (χ0n) is 18.5. The van der Waals surface area contributed by atoms with Gasteiger partial charge in [-0.25, -0.2) is 17.8 Å². The van der Waals surface area contributed by atoms with Gasteiger partial charge in [0, 0.05) is 39.7 Å². The number of nitrogens with one attached hydrogen (secondary N) is 1. The minimum Gasteiger partial charge on any atom is -0.493 e. The van der Waals surface area contributed by atoms with Crippen molar-refractivity contribution in [3.05, 3.63) is 75.0 Å². The van der Waals surface area contributed by atoms with Crippen LogP contribution in [-0.2, 0) is 9.84 Å². The normalized spacial score (nSPS) is 15.3. The first kappa shape index (κ1) is 24.8. The summed E-state index contributed by atoms with van der Waals surface area (Å²) >= 11 is 13.1. The first-order valence-electron chi connectivity index (χ1n) is 10.6. The number of pyridine rings is 1. The SMILES string of the molecule is CS(=O)(=O)C1CCOc2cc3sc(C(=O)Nc4cc(Cl)nc(Oc5ccc(Cl)cc5F)c4)cc3cc21. The Balaban J connectivity index is 1.40. The van der Waals surface area contributed by atoms with Gasteiger partial charge in [-0.1, -0.05) is 23.2 Å². The second kappa shape index (κ2) is 9.51. The summed E-state index contributed by atoms with van der Waals surface area (Å²) < 4.78 is 50.5. The van der Waals surface area contributed by atoms with Crippen molar-refractivity contribution in [2.75, 3.05) is 18.2 Å². The lowest BCUT2D eigenvalue weighted by Gasteiger charge is -2.24. The van der Waals surface area contributed by atoms with E-state index in [9.17, 15) is 17.6 Å². The fraction of sp³-hybridized carbons (Fsp3) is 0.167. The Hall–Kier alpha value is -2.92. The zero-order valence-corrected chi connectivity index (χ0v) is 21.7. The lowest BCUT2D eigenvalue weighted by molar-refractivity contribution is 0.103. The van der Waals surface area contributed by atoms with Gasteiger partial charge in [-0.2, -0.15) is 0 Å². The number of carbonyl (C=O) groups is 1. The van der Waals surface area contributed by atoms with Crippen molar-refractivity contribution >= 4 is 66.1 Å². The van der Waals surface area contributed by atoms with Crippen LogP contribution in [0.3, 0.4) is 0 Å². The maximum absolute atomic E-state index is 14.1. The molecule has 0 saturated heterocycles. The number of nitrogens with zero attached hydrogens (tertiary/aromatic N) is 1. The number of hydrogen-bond donors (Lipinski definition) is 1. The molecule has 3 heterocycles. The third-order valence-electron chi connectivity index (χ3n) is 5.51. The summed E-state index contributed by atoms with van der Waals surface area (Å²) in [6, 6.07) is 12.0. The van der Waals surface area contributed by atoms with E-state index < -0.39 is 26.8 Å². The van der Waals surface area contributed by atoms with Gasteiger partial charge in [-0.05, 0) is 47.9 Å². The smallest absolute Gasteiger partial charge is 0.265 e. The highest BCUT2D eigenvalue weighted by Crippen LogP contribution is 2.41. The molecular formula is C24H17Cl2FN2O5S2. The van der Waals surface area contributed by atoms with Crippen LogP contribution in [0.25, 0.3) is 10.1 Å². The van der Waals surface area contributed by atoms with Crippen LogP contribution in [0.15, 0.2) is 48.5 Å². The fourth-order valence-corrected chi connectivity index (χ4v) is 6.41. The number of aromatic nitrogens is 1. The van der Waals surface area contributed by atoms with Gasteiger partial charge in [-0.15, -0.1) is 11.3 Å². The van der Waals surface area contributed by atoms with E-state index in [1.807, 2.05) is 0 Å². The molecule has 1 N–H and O–H groups in total. The Morgan fingerprint density at radius 1 is 1.19 bits per heavy atom. The van der Waals surface area contributed by atoms with Crippen LogP contribution in [0.4, 0.5) is 10.1 Å². The number of fused-ring (bicyclic) bond motifs is 2. The highest BCUT2D eigenvalue weighted by molar-refractivity contribution is 7.90. The number of amides is 1. The largest absolute Gasteiger partial charge is 0.493 e. The lowest BCUT2D eigenvalue weighted by Crippen LogP contribution is -2.20. The Morgan fingerprint density at radius 2 is 2.00 bits per heavy atom. The highest BCUT2D eigenvalue weighted by Gasteiger charge is 2.30. The number of sulfone groups is 1. The minimum absolute atomic E-state index is 0.0213. The third-order valence-corrected chi connectivity index (χ3v) is 8.56. The van der Waals surface area contributed by atoms with Gasteiger partial charge >= 0.3 is 0 Å². The molecule has 7 nitrogen and oxygen atoms in total. The van der Waals surface area contributed by atoms with E-state index >= 15 is 0 Å². The van der Waals surface area contributed by atoms with Crippen molar-refractivity contribution in [3.63, 3.8) is 0 Å². The maximum Gasteiger partial charge on any atom is 0.265 e. The van der Waals surface area contributed by atoms with Crippen LogP contribution in [-0.4, -0.2) is 32.2 Å². The summed E-state index contributed by atoms with van der Waals surface area (Å²) in [6.45, 7) is 0.308. The number of carbonyl (C=O) groups excluding carboxylic acids is 1. The summed E-state index contributed by atoms with van der Waals surface area (Å²) in [6.07, 6.45) is 1.59. The van der Waals surface area contributed by atoms with Crippen molar-refractivity contribution in [1.82, 2.24) is 4.98 Å². The molecule has 1 aliphatic rings. The Kier molecular flexibility index (Phi) is 6.54. The predicted octanol–water partition coefficient (Wildman–Crippen LogP) is 6.66. The van der Waals surface area contributed by atoms with Crippen molar-refractivity contribution in [2.45, 2.75) is 11.7 Å². The molecule has 1 unspecified atom stereocenters.